The van der Waals surface area contributed by atoms with Gasteiger partial charge in [0.2, 0.25) is 5.91 Å². The second kappa shape index (κ2) is 10.5. The number of anilines is 1. The molecule has 0 aromatic heterocycles. The van der Waals surface area contributed by atoms with Crippen molar-refractivity contribution in [2.45, 2.75) is 13.0 Å². The molecule has 0 spiro atoms. The highest BCUT2D eigenvalue weighted by Crippen LogP contribution is 2.33. The Morgan fingerprint density at radius 2 is 1.45 bits per heavy atom. The maximum absolute atomic E-state index is 12.2. The van der Waals surface area contributed by atoms with E-state index in [9.17, 15) is 4.79 Å². The van der Waals surface area contributed by atoms with Crippen LogP contribution in [0.15, 0.2) is 30.3 Å². The van der Waals surface area contributed by atoms with Crippen molar-refractivity contribution in [1.82, 2.24) is 9.80 Å². The van der Waals surface area contributed by atoms with E-state index in [2.05, 4.69) is 15.1 Å². The van der Waals surface area contributed by atoms with Gasteiger partial charge in [0.25, 0.3) is 0 Å². The average Bonchev–Trinajstić information content (AvgIpc) is 2.68. The molecule has 0 atom stereocenters. The van der Waals surface area contributed by atoms with Gasteiger partial charge in [-0.25, -0.2) is 0 Å². The summed E-state index contributed by atoms with van der Waals surface area (Å²) >= 11 is 30.0. The summed E-state index contributed by atoms with van der Waals surface area (Å²) in [6.07, 6.45) is 0.394. The molecule has 4 nitrogen and oxygen atoms in total. The minimum atomic E-state index is -0.0855. The van der Waals surface area contributed by atoms with Gasteiger partial charge in [-0.1, -0.05) is 64.1 Å². The first-order valence-corrected chi connectivity index (χ1v) is 11.0. The summed E-state index contributed by atoms with van der Waals surface area (Å²) in [6.45, 7) is 5.22. The number of carbonyl (C=O) groups excluding carboxylic acids is 1. The molecule has 0 saturated carbocycles. The Balaban J connectivity index is 1.41. The first kappa shape index (κ1) is 23.0. The fourth-order valence-corrected chi connectivity index (χ4v) is 4.09. The molecule has 2 aromatic rings. The highest BCUT2D eigenvalue weighted by Gasteiger charge is 2.18. The lowest BCUT2D eigenvalue weighted by Gasteiger charge is -2.34. The second-order valence-electron chi connectivity index (χ2n) is 6.92. The van der Waals surface area contributed by atoms with Crippen LogP contribution in [0.2, 0.25) is 25.1 Å². The molecule has 1 saturated heterocycles. The molecular formula is C20H20Cl5N3O. The van der Waals surface area contributed by atoms with E-state index >= 15 is 0 Å². The van der Waals surface area contributed by atoms with Crippen molar-refractivity contribution >= 4 is 69.6 Å². The molecule has 0 radical (unpaired) electrons. The monoisotopic (exact) mass is 493 g/mol. The quantitative estimate of drug-likeness (QED) is 0.492. The molecule has 29 heavy (non-hydrogen) atoms. The number of rotatable bonds is 6. The van der Waals surface area contributed by atoms with Gasteiger partial charge in [0.1, 0.15) is 0 Å². The summed E-state index contributed by atoms with van der Waals surface area (Å²) in [6, 6.07) is 8.93. The highest BCUT2D eigenvalue weighted by atomic mass is 35.5. The van der Waals surface area contributed by atoms with Crippen LogP contribution in [-0.2, 0) is 11.3 Å². The zero-order valence-electron chi connectivity index (χ0n) is 15.5. The number of carbonyl (C=O) groups is 1. The largest absolute Gasteiger partial charge is 0.326 e. The summed E-state index contributed by atoms with van der Waals surface area (Å²) < 4.78 is 0. The van der Waals surface area contributed by atoms with Gasteiger partial charge in [0, 0.05) is 51.4 Å². The molecule has 1 amide bonds. The fraction of sp³-hybridized carbons (Fsp3) is 0.350. The molecule has 0 bridgehead atoms. The Kier molecular flexibility index (Phi) is 8.34. The molecule has 2 aromatic carbocycles. The third-order valence-corrected chi connectivity index (χ3v) is 6.71. The summed E-state index contributed by atoms with van der Waals surface area (Å²) in [7, 11) is 0. The van der Waals surface area contributed by atoms with Crippen LogP contribution >= 0.6 is 58.0 Å². The van der Waals surface area contributed by atoms with Crippen LogP contribution in [0.4, 0.5) is 5.69 Å². The Bertz CT molecular complexity index is 861. The molecule has 1 fully saturated rings. The lowest BCUT2D eigenvalue weighted by atomic mass is 10.2. The SMILES string of the molecule is O=C(CCN1CCN(Cc2ccc(Cl)c(Cl)c2)CC1)Nc1cc(Cl)c(Cl)c(Cl)c1. The van der Waals surface area contributed by atoms with Crippen LogP contribution in [0.1, 0.15) is 12.0 Å². The highest BCUT2D eigenvalue weighted by molar-refractivity contribution is 6.48. The van der Waals surface area contributed by atoms with Gasteiger partial charge >= 0.3 is 0 Å². The van der Waals surface area contributed by atoms with Gasteiger partial charge in [-0.3, -0.25) is 9.69 Å². The van der Waals surface area contributed by atoms with Gasteiger partial charge in [0.15, 0.2) is 0 Å². The number of nitrogens with one attached hydrogen (secondary N) is 1. The number of hydrogen-bond donors (Lipinski definition) is 1. The zero-order valence-corrected chi connectivity index (χ0v) is 19.3. The maximum Gasteiger partial charge on any atom is 0.225 e. The molecule has 156 valence electrons. The molecule has 1 N–H and O–H groups in total. The van der Waals surface area contributed by atoms with Crippen molar-refractivity contribution in [1.29, 1.82) is 0 Å². The topological polar surface area (TPSA) is 35.6 Å². The number of hydrogen-bond acceptors (Lipinski definition) is 3. The van der Waals surface area contributed by atoms with E-state index in [-0.39, 0.29) is 10.9 Å². The average molecular weight is 496 g/mol. The first-order chi connectivity index (χ1) is 13.8. The van der Waals surface area contributed by atoms with Crippen molar-refractivity contribution in [3.63, 3.8) is 0 Å². The van der Waals surface area contributed by atoms with E-state index < -0.39 is 0 Å². The van der Waals surface area contributed by atoms with Gasteiger partial charge in [-0.2, -0.15) is 0 Å². The summed E-state index contributed by atoms with van der Waals surface area (Å²) in [5.74, 6) is -0.0855. The van der Waals surface area contributed by atoms with Crippen LogP contribution in [0, 0.1) is 0 Å². The van der Waals surface area contributed by atoms with E-state index in [1.54, 1.807) is 12.1 Å². The Morgan fingerprint density at radius 1 is 0.828 bits per heavy atom. The van der Waals surface area contributed by atoms with Crippen molar-refractivity contribution in [3.8, 4) is 0 Å². The number of halogens is 5. The van der Waals surface area contributed by atoms with E-state index in [0.717, 1.165) is 38.3 Å². The summed E-state index contributed by atoms with van der Waals surface area (Å²) in [5, 5.41) is 4.87. The summed E-state index contributed by atoms with van der Waals surface area (Å²) in [4.78, 5) is 16.9. The van der Waals surface area contributed by atoms with Crippen LogP contribution in [-0.4, -0.2) is 48.4 Å². The number of benzene rings is 2. The van der Waals surface area contributed by atoms with Crippen molar-refractivity contribution < 1.29 is 4.79 Å². The maximum atomic E-state index is 12.2. The second-order valence-corrected chi connectivity index (χ2v) is 8.93. The predicted molar refractivity (Wildman–Crippen MR) is 123 cm³/mol. The Hall–Kier alpha value is -0.720. The standard InChI is InChI=1S/C20H20Cl5N3O/c21-15-2-1-13(9-16(15)22)12-28-7-5-27(6-8-28)4-3-19(29)26-14-10-17(23)20(25)18(24)11-14/h1-2,9-11H,3-8,12H2,(H,26,29). The third kappa shape index (κ3) is 6.63. The first-order valence-electron chi connectivity index (χ1n) is 9.15. The fourth-order valence-electron chi connectivity index (χ4n) is 3.18. The van der Waals surface area contributed by atoms with E-state index in [4.69, 9.17) is 58.0 Å². The molecule has 0 aliphatic carbocycles. The summed E-state index contributed by atoms with van der Waals surface area (Å²) in [5.41, 5.74) is 1.69. The van der Waals surface area contributed by atoms with E-state index in [1.807, 2.05) is 18.2 Å². The lowest BCUT2D eigenvalue weighted by molar-refractivity contribution is -0.116. The number of nitrogens with zero attached hydrogens (tertiary/aromatic N) is 2. The molecular weight excluding hydrogens is 476 g/mol. The minimum absolute atomic E-state index is 0.0855. The zero-order chi connectivity index (χ0) is 21.0. The Labute approximate surface area is 195 Å². The van der Waals surface area contributed by atoms with Crippen LogP contribution in [0.25, 0.3) is 0 Å². The predicted octanol–water partition coefficient (Wildman–Crippen LogP) is 6.10. The van der Waals surface area contributed by atoms with E-state index in [0.29, 0.717) is 38.7 Å². The molecule has 1 aliphatic heterocycles. The molecule has 9 heteroatoms. The Morgan fingerprint density at radius 3 is 2.07 bits per heavy atom. The minimum Gasteiger partial charge on any atom is -0.326 e. The van der Waals surface area contributed by atoms with Crippen LogP contribution in [0.3, 0.4) is 0 Å². The van der Waals surface area contributed by atoms with Gasteiger partial charge < -0.3 is 10.2 Å². The van der Waals surface area contributed by atoms with Crippen molar-refractivity contribution in [2.75, 3.05) is 38.0 Å². The van der Waals surface area contributed by atoms with Crippen LogP contribution < -0.4 is 5.32 Å². The van der Waals surface area contributed by atoms with Gasteiger partial charge in [-0.15, -0.1) is 0 Å². The van der Waals surface area contributed by atoms with Crippen LogP contribution in [0.5, 0.6) is 0 Å². The lowest BCUT2D eigenvalue weighted by Crippen LogP contribution is -2.46. The number of piperazine rings is 1. The third-order valence-electron chi connectivity index (χ3n) is 4.78. The normalized spacial score (nSPS) is 15.5. The molecule has 0 unspecified atom stereocenters. The van der Waals surface area contributed by atoms with E-state index in [1.165, 1.54) is 0 Å². The molecule has 1 aliphatic rings. The molecule has 3 rings (SSSR count). The number of amides is 1. The van der Waals surface area contributed by atoms with Gasteiger partial charge in [0.05, 0.1) is 25.1 Å². The van der Waals surface area contributed by atoms with Crippen molar-refractivity contribution in [3.05, 3.63) is 61.0 Å². The van der Waals surface area contributed by atoms with Gasteiger partial charge in [-0.05, 0) is 29.8 Å². The smallest absolute Gasteiger partial charge is 0.225 e. The molecule has 1 heterocycles. The van der Waals surface area contributed by atoms with Crippen molar-refractivity contribution in [2.24, 2.45) is 0 Å².